The lowest BCUT2D eigenvalue weighted by atomic mass is 9.59. The Bertz CT molecular complexity index is 691. The molecule has 1 heterocycles. The molecule has 29 heavy (non-hydrogen) atoms. The average Bonchev–Trinajstić information content (AvgIpc) is 2.64. The highest BCUT2D eigenvalue weighted by Gasteiger charge is 2.50. The maximum Gasteiger partial charge on any atom is 0.391 e. The summed E-state index contributed by atoms with van der Waals surface area (Å²) in [6, 6.07) is 0.275. The Morgan fingerprint density at radius 2 is 1.59 bits per heavy atom. The third-order valence-electron chi connectivity index (χ3n) is 8.11. The summed E-state index contributed by atoms with van der Waals surface area (Å²) in [5.41, 5.74) is 2.60. The van der Waals surface area contributed by atoms with Gasteiger partial charge in [-0.2, -0.15) is 13.2 Å². The van der Waals surface area contributed by atoms with Crippen LogP contribution in [-0.2, 0) is 0 Å². The van der Waals surface area contributed by atoms with Crippen molar-refractivity contribution in [2.75, 3.05) is 0 Å². The topological polar surface area (TPSA) is 12.0 Å². The summed E-state index contributed by atoms with van der Waals surface area (Å²) < 4.78 is 41.2. The van der Waals surface area contributed by atoms with E-state index in [2.05, 4.69) is 51.2 Å². The molecule has 0 radical (unpaired) electrons. The van der Waals surface area contributed by atoms with Crippen molar-refractivity contribution in [1.29, 1.82) is 0 Å². The molecule has 4 rings (SSSR count). The fourth-order valence-electron chi connectivity index (χ4n) is 6.92. The number of allylic oxidation sites excluding steroid dienone is 4. The Morgan fingerprint density at radius 3 is 2.21 bits per heavy atom. The minimum absolute atomic E-state index is 0.00191. The first-order valence-corrected chi connectivity index (χ1v) is 11.6. The van der Waals surface area contributed by atoms with E-state index in [0.29, 0.717) is 5.92 Å². The first kappa shape index (κ1) is 21.1. The Hall–Kier alpha value is -1.19. The minimum Gasteiger partial charge on any atom is -0.384 e. The fraction of sp³-hybridized carbons (Fsp3) is 0.760. The van der Waals surface area contributed by atoms with Crippen molar-refractivity contribution in [3.63, 3.8) is 0 Å². The maximum atomic E-state index is 13.7. The summed E-state index contributed by atoms with van der Waals surface area (Å²) in [5, 5.41) is 3.60. The van der Waals surface area contributed by atoms with Crippen LogP contribution in [0.25, 0.3) is 0 Å². The molecule has 0 aromatic heterocycles. The molecule has 2 saturated carbocycles. The Morgan fingerprint density at radius 1 is 0.931 bits per heavy atom. The SMILES string of the molecule is CC1CC(C)CC(C2NC=CC3C2=CC=C2C(C(C)C)CC(C(F)(F)F)CC23)C1. The first-order valence-electron chi connectivity index (χ1n) is 11.6. The molecule has 0 saturated heterocycles. The zero-order valence-electron chi connectivity index (χ0n) is 18.2. The fourth-order valence-corrected chi connectivity index (χ4v) is 6.92. The first-order chi connectivity index (χ1) is 13.6. The van der Waals surface area contributed by atoms with Crippen molar-refractivity contribution in [3.05, 3.63) is 35.6 Å². The van der Waals surface area contributed by atoms with Gasteiger partial charge in [0.2, 0.25) is 0 Å². The monoisotopic (exact) mass is 407 g/mol. The summed E-state index contributed by atoms with van der Waals surface area (Å²) >= 11 is 0. The molecular formula is C25H36F3N. The molecule has 0 spiro atoms. The van der Waals surface area contributed by atoms with Crippen molar-refractivity contribution < 1.29 is 13.2 Å². The molecule has 0 aromatic rings. The Balaban J connectivity index is 1.65. The summed E-state index contributed by atoms with van der Waals surface area (Å²) in [7, 11) is 0. The Labute approximate surface area is 173 Å². The molecule has 0 amide bonds. The van der Waals surface area contributed by atoms with Gasteiger partial charge in [-0.3, -0.25) is 0 Å². The standard InChI is InChI=1S/C25H36F3N/c1-14(2)22-12-18(25(26,27)28)13-23-19(22)5-6-21-20(23)7-8-29-24(21)17-10-15(3)9-16(4)11-17/h5-8,14-18,20,22-24,29H,9-13H2,1-4H3. The molecule has 162 valence electrons. The molecule has 4 heteroatoms. The van der Waals surface area contributed by atoms with Crippen LogP contribution < -0.4 is 5.32 Å². The van der Waals surface area contributed by atoms with Crippen molar-refractivity contribution in [1.82, 2.24) is 5.32 Å². The highest BCUT2D eigenvalue weighted by Crippen LogP contribution is 2.53. The van der Waals surface area contributed by atoms with Gasteiger partial charge in [0, 0.05) is 5.92 Å². The lowest BCUT2D eigenvalue weighted by molar-refractivity contribution is -0.188. The Kier molecular flexibility index (Phi) is 5.67. The highest BCUT2D eigenvalue weighted by atomic mass is 19.4. The van der Waals surface area contributed by atoms with Gasteiger partial charge in [-0.05, 0) is 79.4 Å². The number of halogens is 3. The van der Waals surface area contributed by atoms with Crippen LogP contribution in [0.3, 0.4) is 0 Å². The van der Waals surface area contributed by atoms with E-state index in [1.54, 1.807) is 0 Å². The van der Waals surface area contributed by atoms with Crippen LogP contribution >= 0.6 is 0 Å². The van der Waals surface area contributed by atoms with Gasteiger partial charge < -0.3 is 5.32 Å². The molecular weight excluding hydrogens is 371 g/mol. The largest absolute Gasteiger partial charge is 0.391 e. The predicted octanol–water partition coefficient (Wildman–Crippen LogP) is 6.89. The van der Waals surface area contributed by atoms with E-state index in [1.807, 2.05) is 6.20 Å². The molecule has 2 fully saturated rings. The van der Waals surface area contributed by atoms with E-state index in [0.717, 1.165) is 11.8 Å². The van der Waals surface area contributed by atoms with E-state index in [9.17, 15) is 13.2 Å². The molecule has 1 nitrogen and oxygen atoms in total. The van der Waals surface area contributed by atoms with E-state index in [1.165, 1.54) is 30.4 Å². The predicted molar refractivity (Wildman–Crippen MR) is 112 cm³/mol. The second-order valence-corrected chi connectivity index (χ2v) is 10.7. The van der Waals surface area contributed by atoms with Gasteiger partial charge in [0.25, 0.3) is 0 Å². The van der Waals surface area contributed by atoms with Crippen molar-refractivity contribution in [2.24, 2.45) is 47.3 Å². The van der Waals surface area contributed by atoms with E-state index >= 15 is 0 Å². The molecule has 7 unspecified atom stereocenters. The van der Waals surface area contributed by atoms with Gasteiger partial charge in [0.15, 0.2) is 0 Å². The average molecular weight is 408 g/mol. The lowest BCUT2D eigenvalue weighted by Crippen LogP contribution is -2.47. The van der Waals surface area contributed by atoms with Gasteiger partial charge in [-0.25, -0.2) is 0 Å². The highest BCUT2D eigenvalue weighted by molar-refractivity contribution is 5.39. The number of hydrogen-bond donors (Lipinski definition) is 1. The zero-order chi connectivity index (χ0) is 20.9. The molecule has 0 bridgehead atoms. The van der Waals surface area contributed by atoms with Gasteiger partial charge in [0.05, 0.1) is 12.0 Å². The van der Waals surface area contributed by atoms with Crippen molar-refractivity contribution in [3.8, 4) is 0 Å². The summed E-state index contributed by atoms with van der Waals surface area (Å²) in [6.07, 6.45) is 8.77. The molecule has 0 aromatic carbocycles. The van der Waals surface area contributed by atoms with Crippen LogP contribution in [0.4, 0.5) is 13.2 Å². The molecule has 1 aliphatic heterocycles. The second-order valence-electron chi connectivity index (χ2n) is 10.7. The van der Waals surface area contributed by atoms with Crippen molar-refractivity contribution in [2.45, 2.75) is 72.0 Å². The van der Waals surface area contributed by atoms with Gasteiger partial charge in [-0.1, -0.05) is 51.5 Å². The quantitative estimate of drug-likeness (QED) is 0.526. The van der Waals surface area contributed by atoms with Crippen molar-refractivity contribution >= 4 is 0 Å². The van der Waals surface area contributed by atoms with Crippen LogP contribution in [-0.4, -0.2) is 12.2 Å². The molecule has 3 aliphatic carbocycles. The van der Waals surface area contributed by atoms with Crippen LogP contribution in [0.5, 0.6) is 0 Å². The summed E-state index contributed by atoms with van der Waals surface area (Å²) in [5.74, 6) is 1.25. The van der Waals surface area contributed by atoms with Gasteiger partial charge in [0.1, 0.15) is 0 Å². The van der Waals surface area contributed by atoms with Gasteiger partial charge in [-0.15, -0.1) is 0 Å². The van der Waals surface area contributed by atoms with Crippen LogP contribution in [0, 0.1) is 47.3 Å². The number of fused-ring (bicyclic) bond motifs is 3. The number of hydrogen-bond acceptors (Lipinski definition) is 1. The molecule has 4 aliphatic rings. The smallest absolute Gasteiger partial charge is 0.384 e. The van der Waals surface area contributed by atoms with Crippen LogP contribution in [0.15, 0.2) is 35.6 Å². The van der Waals surface area contributed by atoms with E-state index in [-0.39, 0.29) is 42.6 Å². The summed E-state index contributed by atoms with van der Waals surface area (Å²) in [6.45, 7) is 8.83. The number of rotatable bonds is 2. The molecule has 7 atom stereocenters. The third kappa shape index (κ3) is 4.05. The zero-order valence-corrected chi connectivity index (χ0v) is 18.2. The maximum absolute atomic E-state index is 13.7. The third-order valence-corrected chi connectivity index (χ3v) is 8.11. The minimum atomic E-state index is -4.09. The van der Waals surface area contributed by atoms with E-state index in [4.69, 9.17) is 0 Å². The van der Waals surface area contributed by atoms with E-state index < -0.39 is 12.1 Å². The second kappa shape index (κ2) is 7.81. The van der Waals surface area contributed by atoms with Crippen LogP contribution in [0.2, 0.25) is 0 Å². The van der Waals surface area contributed by atoms with Crippen LogP contribution in [0.1, 0.15) is 59.8 Å². The number of alkyl halides is 3. The van der Waals surface area contributed by atoms with Gasteiger partial charge >= 0.3 is 6.18 Å². The summed E-state index contributed by atoms with van der Waals surface area (Å²) in [4.78, 5) is 0. The normalized spacial score (nSPS) is 42.5. The number of nitrogens with one attached hydrogen (secondary N) is 1. The lowest BCUT2D eigenvalue weighted by Gasteiger charge is -2.48. The molecule has 1 N–H and O–H groups in total.